The van der Waals surface area contributed by atoms with Gasteiger partial charge in [-0.25, -0.2) is 0 Å². The number of hydrogen-bond acceptors (Lipinski definition) is 4. The zero-order valence-corrected chi connectivity index (χ0v) is 15.3. The zero-order chi connectivity index (χ0) is 18.8. The third-order valence-electron chi connectivity index (χ3n) is 4.24. The minimum Gasteiger partial charge on any atom is -0.350 e. The van der Waals surface area contributed by atoms with Crippen LogP contribution in [-0.2, 0) is 7.05 Å². The van der Waals surface area contributed by atoms with Crippen LogP contribution in [0.15, 0.2) is 76.9 Å². The largest absolute Gasteiger partial charge is 0.350 e. The second-order valence-electron chi connectivity index (χ2n) is 6.01. The summed E-state index contributed by atoms with van der Waals surface area (Å²) in [4.78, 5) is 12.5. The third kappa shape index (κ3) is 3.22. The summed E-state index contributed by atoms with van der Waals surface area (Å²) in [6.07, 6.45) is 5.17. The maximum absolute atomic E-state index is 12.5. The van der Waals surface area contributed by atoms with Crippen LogP contribution in [0.2, 0.25) is 5.02 Å². The molecule has 134 valence electrons. The predicted molar refractivity (Wildman–Crippen MR) is 109 cm³/mol. The Morgan fingerprint density at radius 2 is 1.85 bits per heavy atom. The van der Waals surface area contributed by atoms with Gasteiger partial charge in [0.05, 0.1) is 18.1 Å². The molecule has 0 bridgehead atoms. The smallest absolute Gasteiger partial charge is 0.292 e. The maximum atomic E-state index is 12.5. The molecule has 2 aromatic heterocycles. The van der Waals surface area contributed by atoms with Crippen LogP contribution in [-0.4, -0.2) is 20.6 Å². The van der Waals surface area contributed by atoms with Crippen molar-refractivity contribution >= 4 is 34.4 Å². The number of aromatic nitrogens is 3. The van der Waals surface area contributed by atoms with E-state index in [-0.39, 0.29) is 5.02 Å². The van der Waals surface area contributed by atoms with E-state index in [2.05, 4.69) is 15.6 Å². The van der Waals surface area contributed by atoms with Crippen molar-refractivity contribution < 1.29 is 0 Å². The minimum atomic E-state index is -0.409. The van der Waals surface area contributed by atoms with E-state index in [1.165, 1.54) is 10.9 Å². The van der Waals surface area contributed by atoms with E-state index in [1.54, 1.807) is 18.3 Å². The van der Waals surface area contributed by atoms with Crippen molar-refractivity contribution in [2.24, 2.45) is 12.1 Å². The van der Waals surface area contributed by atoms with Gasteiger partial charge in [0.25, 0.3) is 5.56 Å². The highest BCUT2D eigenvalue weighted by molar-refractivity contribution is 6.33. The second kappa shape index (κ2) is 7.09. The topological polar surface area (TPSA) is 64.2 Å². The Morgan fingerprint density at radius 3 is 2.67 bits per heavy atom. The number of nitrogens with zero attached hydrogens (tertiary/aromatic N) is 4. The van der Waals surface area contributed by atoms with Crippen molar-refractivity contribution in [2.45, 2.75) is 0 Å². The van der Waals surface area contributed by atoms with Crippen molar-refractivity contribution in [3.63, 3.8) is 0 Å². The van der Waals surface area contributed by atoms with Crippen molar-refractivity contribution in [2.75, 3.05) is 5.43 Å². The van der Waals surface area contributed by atoms with E-state index in [1.807, 2.05) is 60.3 Å². The number of nitrogens with one attached hydrogen (secondary N) is 1. The van der Waals surface area contributed by atoms with Crippen LogP contribution in [0, 0.1) is 0 Å². The number of benzene rings is 2. The lowest BCUT2D eigenvalue weighted by atomic mass is 10.2. The van der Waals surface area contributed by atoms with E-state index in [0.29, 0.717) is 11.4 Å². The van der Waals surface area contributed by atoms with Gasteiger partial charge in [0.1, 0.15) is 10.7 Å². The zero-order valence-electron chi connectivity index (χ0n) is 14.5. The van der Waals surface area contributed by atoms with Gasteiger partial charge in [-0.05, 0) is 18.2 Å². The highest BCUT2D eigenvalue weighted by atomic mass is 35.5. The molecule has 1 N–H and O–H groups in total. The number of anilines is 1. The summed E-state index contributed by atoms with van der Waals surface area (Å²) < 4.78 is 3.29. The molecule has 7 heteroatoms. The summed E-state index contributed by atoms with van der Waals surface area (Å²) in [6, 6.07) is 17.2. The lowest BCUT2D eigenvalue weighted by molar-refractivity contribution is 0.808. The summed E-state index contributed by atoms with van der Waals surface area (Å²) in [6.45, 7) is 0. The molecular formula is C20H16ClN5O. The van der Waals surface area contributed by atoms with Gasteiger partial charge in [0.2, 0.25) is 0 Å². The first kappa shape index (κ1) is 17.1. The molecule has 4 rings (SSSR count). The highest BCUT2D eigenvalue weighted by Gasteiger charge is 2.10. The highest BCUT2D eigenvalue weighted by Crippen LogP contribution is 2.19. The first-order valence-electron chi connectivity index (χ1n) is 8.31. The van der Waals surface area contributed by atoms with Gasteiger partial charge in [-0.1, -0.05) is 48.0 Å². The normalized spacial score (nSPS) is 11.3. The van der Waals surface area contributed by atoms with Crippen LogP contribution >= 0.6 is 11.6 Å². The Morgan fingerprint density at radius 1 is 1.11 bits per heavy atom. The molecule has 2 aromatic carbocycles. The minimum absolute atomic E-state index is 0.0314. The molecule has 0 atom stereocenters. The molecule has 0 unspecified atom stereocenters. The van der Waals surface area contributed by atoms with Gasteiger partial charge in [-0.3, -0.25) is 10.2 Å². The maximum Gasteiger partial charge on any atom is 0.292 e. The molecular weight excluding hydrogens is 362 g/mol. The van der Waals surface area contributed by atoms with E-state index in [9.17, 15) is 4.79 Å². The van der Waals surface area contributed by atoms with Gasteiger partial charge in [-0.2, -0.15) is 14.9 Å². The van der Waals surface area contributed by atoms with Crippen molar-refractivity contribution in [3.05, 3.63) is 87.9 Å². The van der Waals surface area contributed by atoms with Crippen LogP contribution in [0.4, 0.5) is 5.69 Å². The molecule has 0 spiro atoms. The number of hydrazone groups is 1. The molecule has 0 aliphatic heterocycles. The second-order valence-corrected chi connectivity index (χ2v) is 6.39. The Labute approximate surface area is 160 Å². The van der Waals surface area contributed by atoms with Crippen LogP contribution in [0.5, 0.6) is 0 Å². The van der Waals surface area contributed by atoms with E-state index in [0.717, 1.165) is 16.5 Å². The molecule has 0 amide bonds. The summed E-state index contributed by atoms with van der Waals surface area (Å²) in [5.74, 6) is 0. The van der Waals surface area contributed by atoms with E-state index < -0.39 is 5.56 Å². The summed E-state index contributed by atoms with van der Waals surface area (Å²) in [7, 11) is 1.98. The number of rotatable bonds is 4. The first-order chi connectivity index (χ1) is 13.1. The number of fused-ring (bicyclic) bond motifs is 1. The number of hydrogen-bond donors (Lipinski definition) is 1. The van der Waals surface area contributed by atoms with Gasteiger partial charge in [-0.15, -0.1) is 0 Å². The molecule has 0 aliphatic rings. The van der Waals surface area contributed by atoms with Crippen LogP contribution in [0.1, 0.15) is 5.56 Å². The molecule has 4 aromatic rings. The molecule has 0 saturated carbocycles. The summed E-state index contributed by atoms with van der Waals surface area (Å²) in [5, 5.41) is 9.51. The fourth-order valence-corrected chi connectivity index (χ4v) is 3.08. The predicted octanol–water partition coefficient (Wildman–Crippen LogP) is 3.82. The number of aryl methyl sites for hydroxylation is 1. The van der Waals surface area contributed by atoms with Gasteiger partial charge in [0, 0.05) is 29.7 Å². The number of para-hydroxylation sites is 2. The lowest BCUT2D eigenvalue weighted by Gasteiger charge is -2.07. The van der Waals surface area contributed by atoms with Gasteiger partial charge in [0.15, 0.2) is 0 Å². The Kier molecular flexibility index (Phi) is 4.48. The SMILES string of the molecule is Cn1cc(/C=N\Nc2cnn(-c3ccccc3)c(=O)c2Cl)c2ccccc21. The standard InChI is InChI=1S/C20H16ClN5O/c1-25-13-14(16-9-5-6-10-18(16)25)11-22-24-17-12-23-26(20(27)19(17)21)15-7-3-2-4-8-15/h2-13,24H,1H3/b22-11-. The fraction of sp³-hybridized carbons (Fsp3) is 0.0500. The molecule has 0 saturated heterocycles. The van der Waals surface area contributed by atoms with Gasteiger partial charge < -0.3 is 4.57 Å². The molecule has 2 heterocycles. The monoisotopic (exact) mass is 377 g/mol. The van der Waals surface area contributed by atoms with Crippen LogP contribution in [0.25, 0.3) is 16.6 Å². The van der Waals surface area contributed by atoms with Gasteiger partial charge >= 0.3 is 0 Å². The van der Waals surface area contributed by atoms with Crippen molar-refractivity contribution in [1.29, 1.82) is 0 Å². The summed E-state index contributed by atoms with van der Waals surface area (Å²) in [5.41, 5.74) is 5.47. The molecule has 0 fully saturated rings. The average Bonchev–Trinajstić information content (AvgIpc) is 3.02. The first-order valence-corrected chi connectivity index (χ1v) is 8.69. The number of halogens is 1. The van der Waals surface area contributed by atoms with Crippen LogP contribution < -0.4 is 11.0 Å². The Bertz CT molecular complexity index is 1190. The lowest BCUT2D eigenvalue weighted by Crippen LogP contribution is -2.22. The van der Waals surface area contributed by atoms with Crippen molar-refractivity contribution in [3.8, 4) is 5.69 Å². The quantitative estimate of drug-likeness (QED) is 0.434. The molecule has 6 nitrogen and oxygen atoms in total. The van der Waals surface area contributed by atoms with Crippen LogP contribution in [0.3, 0.4) is 0 Å². The third-order valence-corrected chi connectivity index (χ3v) is 4.60. The summed E-state index contributed by atoms with van der Waals surface area (Å²) >= 11 is 6.22. The Hall–Kier alpha value is -3.38. The van der Waals surface area contributed by atoms with Crippen molar-refractivity contribution in [1.82, 2.24) is 14.3 Å². The molecule has 27 heavy (non-hydrogen) atoms. The molecule has 0 radical (unpaired) electrons. The van der Waals surface area contributed by atoms with E-state index >= 15 is 0 Å². The average molecular weight is 378 g/mol. The Balaban J connectivity index is 1.61. The molecule has 0 aliphatic carbocycles. The fourth-order valence-electron chi connectivity index (χ4n) is 2.91. The van der Waals surface area contributed by atoms with E-state index in [4.69, 9.17) is 11.6 Å².